The fraction of sp³-hybridized carbons (Fsp3) is 0.346. The first-order valence-electron chi connectivity index (χ1n) is 11.4. The molecular formula is C26H28ClN3O4. The fourth-order valence-electron chi connectivity index (χ4n) is 4.01. The highest BCUT2D eigenvalue weighted by atomic mass is 35.5. The molecule has 0 atom stereocenters. The van der Waals surface area contributed by atoms with Crippen LogP contribution in [0.5, 0.6) is 5.75 Å². The molecule has 34 heavy (non-hydrogen) atoms. The molecule has 1 N–H and O–H groups in total. The van der Waals surface area contributed by atoms with Gasteiger partial charge in [-0.1, -0.05) is 37.4 Å². The number of hydrogen-bond acceptors (Lipinski definition) is 5. The molecule has 0 bridgehead atoms. The Morgan fingerprint density at radius 2 is 1.94 bits per heavy atom. The number of ether oxygens (including phenoxy) is 1. The number of oxazole rings is 1. The van der Waals surface area contributed by atoms with Crippen LogP contribution in [-0.2, 0) is 6.54 Å². The van der Waals surface area contributed by atoms with Crippen LogP contribution in [-0.4, -0.2) is 32.2 Å². The molecule has 0 fully saturated rings. The number of aromatic nitrogens is 3. The smallest absolute Gasteiger partial charge is 0.373 e. The van der Waals surface area contributed by atoms with Gasteiger partial charge in [-0.05, 0) is 62.6 Å². The molecule has 0 aliphatic carbocycles. The Morgan fingerprint density at radius 1 is 1.15 bits per heavy atom. The minimum absolute atomic E-state index is 0.152. The van der Waals surface area contributed by atoms with Gasteiger partial charge in [0.05, 0.1) is 29.9 Å². The van der Waals surface area contributed by atoms with Crippen LogP contribution >= 0.6 is 11.6 Å². The average Bonchev–Trinajstić information content (AvgIpc) is 3.33. The van der Waals surface area contributed by atoms with Crippen LogP contribution in [0.3, 0.4) is 0 Å². The number of nitrogens with zero attached hydrogens (tertiary/aromatic N) is 3. The average molecular weight is 482 g/mol. The van der Waals surface area contributed by atoms with Crippen molar-refractivity contribution in [2.45, 2.75) is 53.5 Å². The van der Waals surface area contributed by atoms with Crippen molar-refractivity contribution in [2.75, 3.05) is 6.61 Å². The zero-order valence-electron chi connectivity index (χ0n) is 19.8. The second-order valence-corrected chi connectivity index (χ2v) is 8.86. The second-order valence-electron chi connectivity index (χ2n) is 8.45. The predicted octanol–water partition coefficient (Wildman–Crippen LogP) is 6.59. The lowest BCUT2D eigenvalue weighted by Gasteiger charge is -2.12. The van der Waals surface area contributed by atoms with Crippen LogP contribution < -0.4 is 4.74 Å². The van der Waals surface area contributed by atoms with Gasteiger partial charge in [-0.25, -0.2) is 14.8 Å². The predicted molar refractivity (Wildman–Crippen MR) is 132 cm³/mol. The third kappa shape index (κ3) is 4.80. The highest BCUT2D eigenvalue weighted by Gasteiger charge is 2.20. The Bertz CT molecular complexity index is 1360. The number of fused-ring (bicyclic) bond motifs is 1. The molecule has 8 heteroatoms. The Morgan fingerprint density at radius 3 is 2.62 bits per heavy atom. The lowest BCUT2D eigenvalue weighted by Crippen LogP contribution is -2.03. The van der Waals surface area contributed by atoms with Crippen molar-refractivity contribution in [1.82, 2.24) is 14.5 Å². The van der Waals surface area contributed by atoms with Crippen molar-refractivity contribution in [3.8, 4) is 17.2 Å². The minimum atomic E-state index is -1.14. The number of unbranched alkanes of at least 4 members (excludes halogenated alkanes) is 2. The number of carbonyl (C=O) groups is 1. The monoisotopic (exact) mass is 481 g/mol. The van der Waals surface area contributed by atoms with Gasteiger partial charge in [-0.15, -0.1) is 0 Å². The second kappa shape index (κ2) is 9.89. The van der Waals surface area contributed by atoms with Crippen molar-refractivity contribution in [3.63, 3.8) is 0 Å². The van der Waals surface area contributed by atoms with E-state index < -0.39 is 5.97 Å². The third-order valence-electron chi connectivity index (χ3n) is 5.84. The van der Waals surface area contributed by atoms with E-state index in [0.29, 0.717) is 29.4 Å². The van der Waals surface area contributed by atoms with E-state index in [4.69, 9.17) is 25.7 Å². The van der Waals surface area contributed by atoms with Crippen LogP contribution in [0.2, 0.25) is 5.02 Å². The molecule has 2 heterocycles. The number of carboxylic acid groups (broad SMARTS) is 1. The van der Waals surface area contributed by atoms with Crippen molar-refractivity contribution in [2.24, 2.45) is 0 Å². The molecule has 0 unspecified atom stereocenters. The summed E-state index contributed by atoms with van der Waals surface area (Å²) in [5.74, 6) is 0.598. The summed E-state index contributed by atoms with van der Waals surface area (Å²) in [5, 5.41) is 9.95. The number of carboxylic acids is 1. The summed E-state index contributed by atoms with van der Waals surface area (Å²) < 4.78 is 13.4. The van der Waals surface area contributed by atoms with E-state index in [9.17, 15) is 9.90 Å². The van der Waals surface area contributed by atoms with Gasteiger partial charge in [-0.2, -0.15) is 0 Å². The quantitative estimate of drug-likeness (QED) is 0.271. The molecule has 4 aromatic rings. The first kappa shape index (κ1) is 23.8. The van der Waals surface area contributed by atoms with Crippen molar-refractivity contribution in [3.05, 3.63) is 63.8 Å². The van der Waals surface area contributed by atoms with E-state index in [1.807, 2.05) is 44.2 Å². The molecule has 178 valence electrons. The molecule has 2 aromatic carbocycles. The van der Waals surface area contributed by atoms with E-state index in [0.717, 1.165) is 53.0 Å². The molecule has 2 aromatic heterocycles. The zero-order chi connectivity index (χ0) is 24.4. The van der Waals surface area contributed by atoms with Gasteiger partial charge < -0.3 is 18.8 Å². The van der Waals surface area contributed by atoms with Crippen LogP contribution in [0.25, 0.3) is 22.5 Å². The molecule has 0 aliphatic heterocycles. The number of benzene rings is 2. The number of halogens is 1. The molecule has 0 aliphatic rings. The maximum absolute atomic E-state index is 11.4. The maximum atomic E-state index is 11.4. The van der Waals surface area contributed by atoms with E-state index in [1.54, 1.807) is 6.92 Å². The van der Waals surface area contributed by atoms with Gasteiger partial charge >= 0.3 is 5.97 Å². The van der Waals surface area contributed by atoms with Crippen LogP contribution in [0, 0.1) is 20.8 Å². The Labute approximate surface area is 203 Å². The van der Waals surface area contributed by atoms with Crippen molar-refractivity contribution >= 4 is 28.6 Å². The molecule has 0 spiro atoms. The van der Waals surface area contributed by atoms with Gasteiger partial charge in [0, 0.05) is 10.6 Å². The van der Waals surface area contributed by atoms with E-state index >= 15 is 0 Å². The summed E-state index contributed by atoms with van der Waals surface area (Å²) in [7, 11) is 0. The Kier molecular flexibility index (Phi) is 6.93. The lowest BCUT2D eigenvalue weighted by atomic mass is 10.1. The summed E-state index contributed by atoms with van der Waals surface area (Å²) in [6.45, 7) is 8.92. The van der Waals surface area contributed by atoms with E-state index in [2.05, 4.69) is 16.5 Å². The number of hydrogen-bond donors (Lipinski definition) is 1. The molecule has 0 radical (unpaired) electrons. The number of rotatable bonds is 9. The van der Waals surface area contributed by atoms with Gasteiger partial charge in [-0.3, -0.25) is 0 Å². The number of aromatic carboxylic acids is 1. The summed E-state index contributed by atoms with van der Waals surface area (Å²) >= 11 is 6.60. The highest BCUT2D eigenvalue weighted by Crippen LogP contribution is 2.31. The van der Waals surface area contributed by atoms with Crippen molar-refractivity contribution in [1.29, 1.82) is 0 Å². The van der Waals surface area contributed by atoms with Gasteiger partial charge in [0.25, 0.3) is 0 Å². The lowest BCUT2D eigenvalue weighted by molar-refractivity contribution is 0.0662. The first-order chi connectivity index (χ1) is 16.3. The third-order valence-corrected chi connectivity index (χ3v) is 6.19. The van der Waals surface area contributed by atoms with Crippen LogP contribution in [0.4, 0.5) is 0 Å². The largest absolute Gasteiger partial charge is 0.494 e. The Hall–Kier alpha value is -3.32. The van der Waals surface area contributed by atoms with Gasteiger partial charge in [0.1, 0.15) is 11.6 Å². The molecule has 0 saturated heterocycles. The van der Waals surface area contributed by atoms with Crippen LogP contribution in [0.1, 0.15) is 59.4 Å². The topological polar surface area (TPSA) is 90.4 Å². The maximum Gasteiger partial charge on any atom is 0.373 e. The number of imidazole rings is 1. The standard InChI is InChI=1S/C26H28ClN3O4/c1-5-6-7-10-33-20-9-8-18(21(27)13-20)14-30-17(4)29-23-15(2)11-19(12-22(23)30)25-28-16(3)24(34-25)26(31)32/h8-9,11-13H,5-7,10,14H2,1-4H3,(H,31,32). The van der Waals surface area contributed by atoms with Gasteiger partial charge in [0.15, 0.2) is 0 Å². The van der Waals surface area contributed by atoms with Crippen molar-refractivity contribution < 1.29 is 19.1 Å². The zero-order valence-corrected chi connectivity index (χ0v) is 20.6. The normalized spacial score (nSPS) is 11.3. The number of aryl methyl sites for hydroxylation is 3. The van der Waals surface area contributed by atoms with Gasteiger partial charge in [0.2, 0.25) is 11.7 Å². The molecule has 7 nitrogen and oxygen atoms in total. The molecule has 0 saturated carbocycles. The molecular weight excluding hydrogens is 454 g/mol. The minimum Gasteiger partial charge on any atom is -0.494 e. The molecule has 4 rings (SSSR count). The summed E-state index contributed by atoms with van der Waals surface area (Å²) in [4.78, 5) is 20.4. The SMILES string of the molecule is CCCCCOc1ccc(Cn2c(C)nc3c(C)cc(-c4nc(C)c(C(=O)O)o4)cc32)c(Cl)c1. The summed E-state index contributed by atoms with van der Waals surface area (Å²) in [5.41, 5.74) is 4.71. The fourth-order valence-corrected chi connectivity index (χ4v) is 4.24. The molecule has 0 amide bonds. The Balaban J connectivity index is 1.66. The van der Waals surface area contributed by atoms with Crippen LogP contribution in [0.15, 0.2) is 34.7 Å². The van der Waals surface area contributed by atoms with E-state index in [-0.39, 0.29) is 11.7 Å². The summed E-state index contributed by atoms with van der Waals surface area (Å²) in [6, 6.07) is 9.63. The van der Waals surface area contributed by atoms with E-state index in [1.165, 1.54) is 0 Å². The first-order valence-corrected chi connectivity index (χ1v) is 11.8. The highest BCUT2D eigenvalue weighted by molar-refractivity contribution is 6.31. The summed E-state index contributed by atoms with van der Waals surface area (Å²) in [6.07, 6.45) is 3.32.